The van der Waals surface area contributed by atoms with Crippen molar-refractivity contribution >= 4 is 34.2 Å². The summed E-state index contributed by atoms with van der Waals surface area (Å²) in [5, 5.41) is 5.11. The van der Waals surface area contributed by atoms with Crippen LogP contribution in [-0.2, 0) is 17.9 Å². The molecule has 1 amide bonds. The number of halogens is 1. The molecule has 0 saturated carbocycles. The molecule has 162 valence electrons. The molecule has 3 rings (SSSR count). The standard InChI is InChI=1S/C25H27IN2O3/c1-3-30-23-14-20(16-27-15-19-7-5-4-6-8-19)13-22(26)25(23)31-17-24(29)28-21-11-9-18(2)10-12-21/h4-14,27H,3,15-17H2,1-2H3,(H,28,29)/p+1. The topological polar surface area (TPSA) is 64.2 Å². The first kappa shape index (κ1) is 23.1. The second-order valence-corrected chi connectivity index (χ2v) is 8.39. The lowest BCUT2D eigenvalue weighted by Gasteiger charge is -2.15. The minimum atomic E-state index is -0.206. The highest BCUT2D eigenvalue weighted by atomic mass is 127. The quantitative estimate of drug-likeness (QED) is 0.384. The van der Waals surface area contributed by atoms with Crippen LogP contribution in [0.15, 0.2) is 66.7 Å². The van der Waals surface area contributed by atoms with Crippen LogP contribution < -0.4 is 20.1 Å². The minimum Gasteiger partial charge on any atom is -0.490 e. The number of hydrogen-bond acceptors (Lipinski definition) is 3. The normalized spacial score (nSPS) is 10.5. The van der Waals surface area contributed by atoms with Crippen LogP contribution in [0.2, 0.25) is 0 Å². The van der Waals surface area contributed by atoms with Crippen molar-refractivity contribution in [2.45, 2.75) is 26.9 Å². The predicted molar refractivity (Wildman–Crippen MR) is 131 cm³/mol. The highest BCUT2D eigenvalue weighted by Crippen LogP contribution is 2.34. The Kier molecular flexibility index (Phi) is 8.73. The summed E-state index contributed by atoms with van der Waals surface area (Å²) in [7, 11) is 0. The van der Waals surface area contributed by atoms with Crippen LogP contribution in [0.3, 0.4) is 0 Å². The number of aryl methyl sites for hydroxylation is 1. The average Bonchev–Trinajstić information content (AvgIpc) is 2.76. The monoisotopic (exact) mass is 531 g/mol. The van der Waals surface area contributed by atoms with E-state index >= 15 is 0 Å². The summed E-state index contributed by atoms with van der Waals surface area (Å²) in [6.07, 6.45) is 0. The van der Waals surface area contributed by atoms with Crippen molar-refractivity contribution in [3.63, 3.8) is 0 Å². The average molecular weight is 531 g/mol. The molecule has 5 nitrogen and oxygen atoms in total. The Morgan fingerprint density at radius 1 is 0.968 bits per heavy atom. The molecule has 0 aliphatic carbocycles. The van der Waals surface area contributed by atoms with E-state index in [2.05, 4.69) is 63.6 Å². The Hall–Kier alpha value is -2.58. The van der Waals surface area contributed by atoms with Gasteiger partial charge in [-0.25, -0.2) is 0 Å². The van der Waals surface area contributed by atoms with Gasteiger partial charge in [-0.1, -0.05) is 48.0 Å². The molecule has 0 saturated heterocycles. The number of amides is 1. The van der Waals surface area contributed by atoms with Gasteiger partial charge >= 0.3 is 0 Å². The Balaban J connectivity index is 1.61. The maximum Gasteiger partial charge on any atom is 0.262 e. The molecule has 31 heavy (non-hydrogen) atoms. The third-order valence-electron chi connectivity index (χ3n) is 4.65. The van der Waals surface area contributed by atoms with Gasteiger partial charge in [0.25, 0.3) is 5.91 Å². The summed E-state index contributed by atoms with van der Waals surface area (Å²) in [5.74, 6) is 1.07. The largest absolute Gasteiger partial charge is 0.490 e. The summed E-state index contributed by atoms with van der Waals surface area (Å²) in [6, 6.07) is 22.2. The molecule has 0 atom stereocenters. The Bertz CT molecular complexity index is 992. The molecule has 0 heterocycles. The van der Waals surface area contributed by atoms with E-state index in [9.17, 15) is 4.79 Å². The van der Waals surface area contributed by atoms with E-state index in [1.807, 2.05) is 50.2 Å². The van der Waals surface area contributed by atoms with Crippen molar-refractivity contribution in [3.05, 3.63) is 87.0 Å². The van der Waals surface area contributed by atoms with Crippen LogP contribution in [0, 0.1) is 10.5 Å². The van der Waals surface area contributed by atoms with Crippen molar-refractivity contribution in [2.75, 3.05) is 18.5 Å². The number of nitrogens with two attached hydrogens (primary N) is 1. The zero-order valence-electron chi connectivity index (χ0n) is 17.9. The van der Waals surface area contributed by atoms with Crippen molar-refractivity contribution < 1.29 is 19.6 Å². The van der Waals surface area contributed by atoms with Gasteiger partial charge in [-0.2, -0.15) is 0 Å². The third-order valence-corrected chi connectivity index (χ3v) is 5.46. The Morgan fingerprint density at radius 3 is 2.39 bits per heavy atom. The summed E-state index contributed by atoms with van der Waals surface area (Å²) in [5.41, 5.74) is 4.34. The maximum absolute atomic E-state index is 12.3. The Labute approximate surface area is 197 Å². The van der Waals surface area contributed by atoms with Gasteiger partial charge in [-0.05, 0) is 60.7 Å². The van der Waals surface area contributed by atoms with Crippen LogP contribution in [0.25, 0.3) is 0 Å². The zero-order valence-corrected chi connectivity index (χ0v) is 20.0. The van der Waals surface area contributed by atoms with Gasteiger partial charge in [-0.3, -0.25) is 4.79 Å². The molecule has 0 aliphatic heterocycles. The molecule has 0 radical (unpaired) electrons. The number of hydrogen-bond donors (Lipinski definition) is 2. The lowest BCUT2D eigenvalue weighted by Crippen LogP contribution is -2.80. The van der Waals surface area contributed by atoms with Crippen molar-refractivity contribution in [2.24, 2.45) is 0 Å². The van der Waals surface area contributed by atoms with E-state index in [0.29, 0.717) is 18.1 Å². The third kappa shape index (κ3) is 7.25. The first-order chi connectivity index (χ1) is 15.0. The maximum atomic E-state index is 12.3. The van der Waals surface area contributed by atoms with Crippen LogP contribution >= 0.6 is 22.6 Å². The first-order valence-corrected chi connectivity index (χ1v) is 11.4. The number of carbonyl (C=O) groups is 1. The molecule has 6 heteroatoms. The lowest BCUT2D eigenvalue weighted by molar-refractivity contribution is -0.686. The smallest absolute Gasteiger partial charge is 0.262 e. The fraction of sp³-hybridized carbons (Fsp3) is 0.240. The number of carbonyl (C=O) groups excluding carboxylic acids is 1. The zero-order chi connectivity index (χ0) is 22.1. The Morgan fingerprint density at radius 2 is 1.68 bits per heavy atom. The molecule has 0 fully saturated rings. The SMILES string of the molecule is CCOc1cc(C[NH2+]Cc2ccccc2)cc(I)c1OCC(=O)Nc1ccc(C)cc1. The van der Waals surface area contributed by atoms with E-state index in [4.69, 9.17) is 9.47 Å². The number of anilines is 1. The van der Waals surface area contributed by atoms with E-state index < -0.39 is 0 Å². The molecule has 3 N–H and O–H groups in total. The minimum absolute atomic E-state index is 0.0799. The van der Waals surface area contributed by atoms with Gasteiger partial charge in [0.05, 0.1) is 10.2 Å². The number of rotatable bonds is 10. The fourth-order valence-corrected chi connectivity index (χ4v) is 3.96. The van der Waals surface area contributed by atoms with Crippen molar-refractivity contribution in [1.82, 2.24) is 0 Å². The van der Waals surface area contributed by atoms with Crippen LogP contribution in [0.1, 0.15) is 23.6 Å². The van der Waals surface area contributed by atoms with Gasteiger partial charge in [0, 0.05) is 16.8 Å². The van der Waals surface area contributed by atoms with E-state index in [1.165, 1.54) is 5.56 Å². The molecule has 0 spiro atoms. The number of quaternary nitrogens is 1. The summed E-state index contributed by atoms with van der Waals surface area (Å²) in [6.45, 7) is 6.14. The van der Waals surface area contributed by atoms with Gasteiger partial charge < -0.3 is 20.1 Å². The van der Waals surface area contributed by atoms with Gasteiger partial charge in [0.2, 0.25) is 0 Å². The second kappa shape index (κ2) is 11.7. The van der Waals surface area contributed by atoms with Gasteiger partial charge in [-0.15, -0.1) is 0 Å². The van der Waals surface area contributed by atoms with Crippen molar-refractivity contribution in [1.29, 1.82) is 0 Å². The van der Waals surface area contributed by atoms with Gasteiger partial charge in [0.15, 0.2) is 18.1 Å². The van der Waals surface area contributed by atoms with E-state index in [1.54, 1.807) is 0 Å². The second-order valence-electron chi connectivity index (χ2n) is 7.22. The van der Waals surface area contributed by atoms with Crippen LogP contribution in [0.4, 0.5) is 5.69 Å². The summed E-state index contributed by atoms with van der Waals surface area (Å²) in [4.78, 5) is 12.3. The molecule has 0 aromatic heterocycles. The molecule has 3 aromatic carbocycles. The van der Waals surface area contributed by atoms with Crippen LogP contribution in [0.5, 0.6) is 11.5 Å². The highest BCUT2D eigenvalue weighted by molar-refractivity contribution is 14.1. The predicted octanol–water partition coefficient (Wildman–Crippen LogP) is 4.28. The fourth-order valence-electron chi connectivity index (χ4n) is 3.13. The number of benzene rings is 3. The van der Waals surface area contributed by atoms with Crippen molar-refractivity contribution in [3.8, 4) is 11.5 Å². The molecule has 0 aliphatic rings. The summed E-state index contributed by atoms with van der Waals surface area (Å²) < 4.78 is 12.6. The number of ether oxygens (including phenoxy) is 2. The number of nitrogens with one attached hydrogen (secondary N) is 1. The molecule has 0 bridgehead atoms. The lowest BCUT2D eigenvalue weighted by atomic mass is 10.2. The molecule has 3 aromatic rings. The van der Waals surface area contributed by atoms with E-state index in [0.717, 1.165) is 33.5 Å². The molecular formula is C25H28IN2O3+. The van der Waals surface area contributed by atoms with Gasteiger partial charge in [0.1, 0.15) is 13.1 Å². The van der Waals surface area contributed by atoms with E-state index in [-0.39, 0.29) is 12.5 Å². The van der Waals surface area contributed by atoms with Crippen LogP contribution in [-0.4, -0.2) is 19.1 Å². The highest BCUT2D eigenvalue weighted by Gasteiger charge is 2.15. The molecule has 0 unspecified atom stereocenters. The first-order valence-electron chi connectivity index (χ1n) is 10.3. The summed E-state index contributed by atoms with van der Waals surface area (Å²) >= 11 is 2.24. The molecular weight excluding hydrogens is 503 g/mol.